The molecule has 0 atom stereocenters. The minimum atomic E-state index is 0.222. The zero-order valence-corrected chi connectivity index (χ0v) is 10.0. The molecule has 0 unspecified atom stereocenters. The van der Waals surface area contributed by atoms with E-state index in [4.69, 9.17) is 5.26 Å². The van der Waals surface area contributed by atoms with Gasteiger partial charge in [-0.3, -0.25) is 0 Å². The zero-order chi connectivity index (χ0) is 13.0. The molecule has 2 aromatic rings. The lowest BCUT2D eigenvalue weighted by molar-refractivity contribution is 0.475. The maximum absolute atomic E-state index is 9.50. The molecule has 4 heteroatoms. The van der Waals surface area contributed by atoms with Gasteiger partial charge in [0.2, 0.25) is 0 Å². The van der Waals surface area contributed by atoms with Crippen molar-refractivity contribution in [2.24, 2.45) is 0 Å². The molecule has 2 rings (SSSR count). The van der Waals surface area contributed by atoms with Crippen molar-refractivity contribution in [3.63, 3.8) is 0 Å². The summed E-state index contributed by atoms with van der Waals surface area (Å²) in [5.74, 6) is 0.974. The molecule has 0 radical (unpaired) electrons. The lowest BCUT2D eigenvalue weighted by Gasteiger charge is -2.22. The van der Waals surface area contributed by atoms with Gasteiger partial charge in [0.05, 0.1) is 5.56 Å². The lowest BCUT2D eigenvalue weighted by Crippen LogP contribution is -2.17. The number of aromatic hydroxyl groups is 1. The molecule has 4 nitrogen and oxygen atoms in total. The molecule has 1 aromatic carbocycles. The molecule has 18 heavy (non-hydrogen) atoms. The van der Waals surface area contributed by atoms with E-state index < -0.39 is 0 Å². The van der Waals surface area contributed by atoms with Crippen molar-refractivity contribution in [1.29, 1.82) is 5.26 Å². The van der Waals surface area contributed by atoms with Crippen LogP contribution in [0.5, 0.6) is 5.75 Å². The summed E-state index contributed by atoms with van der Waals surface area (Å²) in [5, 5.41) is 18.2. The summed E-state index contributed by atoms with van der Waals surface area (Å²) in [6.07, 6.45) is 1.54. The first kappa shape index (κ1) is 11.9. The van der Waals surface area contributed by atoms with E-state index in [1.54, 1.807) is 36.5 Å². The van der Waals surface area contributed by atoms with E-state index in [1.165, 1.54) is 0 Å². The van der Waals surface area contributed by atoms with Gasteiger partial charge in [0.25, 0.3) is 0 Å². The number of phenols is 1. The fourth-order valence-electron chi connectivity index (χ4n) is 1.75. The van der Waals surface area contributed by atoms with Crippen LogP contribution in [0.1, 0.15) is 12.5 Å². The van der Waals surface area contributed by atoms with Crippen LogP contribution in [-0.4, -0.2) is 16.6 Å². The number of nitrogens with zero attached hydrogens (tertiary/aromatic N) is 3. The van der Waals surface area contributed by atoms with Crippen LogP contribution in [0.15, 0.2) is 42.6 Å². The predicted octanol–water partition coefficient (Wildman–Crippen LogP) is 2.82. The Balaban J connectivity index is 2.36. The molecule has 0 saturated carbocycles. The molecule has 0 saturated heterocycles. The highest BCUT2D eigenvalue weighted by molar-refractivity contribution is 5.61. The average Bonchev–Trinajstić information content (AvgIpc) is 2.40. The Kier molecular flexibility index (Phi) is 3.44. The monoisotopic (exact) mass is 239 g/mol. The highest BCUT2D eigenvalue weighted by Crippen LogP contribution is 2.26. The molecule has 0 aliphatic rings. The highest BCUT2D eigenvalue weighted by Gasteiger charge is 2.08. The van der Waals surface area contributed by atoms with Crippen LogP contribution in [0.4, 0.5) is 11.5 Å². The third-order valence-electron chi connectivity index (χ3n) is 2.61. The van der Waals surface area contributed by atoms with Crippen molar-refractivity contribution >= 4 is 11.5 Å². The number of hydrogen-bond acceptors (Lipinski definition) is 4. The first-order chi connectivity index (χ1) is 8.74. The van der Waals surface area contributed by atoms with Crippen molar-refractivity contribution in [3.8, 4) is 11.8 Å². The fourth-order valence-corrected chi connectivity index (χ4v) is 1.75. The second-order valence-electron chi connectivity index (χ2n) is 3.78. The maximum Gasteiger partial charge on any atom is 0.132 e. The summed E-state index contributed by atoms with van der Waals surface area (Å²) >= 11 is 0. The van der Waals surface area contributed by atoms with E-state index in [-0.39, 0.29) is 5.75 Å². The molecule has 1 aromatic heterocycles. The second kappa shape index (κ2) is 5.19. The lowest BCUT2D eigenvalue weighted by atomic mass is 10.2. The quantitative estimate of drug-likeness (QED) is 0.894. The summed E-state index contributed by atoms with van der Waals surface area (Å²) < 4.78 is 0. The largest absolute Gasteiger partial charge is 0.508 e. The molecule has 0 aliphatic carbocycles. The van der Waals surface area contributed by atoms with Crippen molar-refractivity contribution in [2.45, 2.75) is 6.92 Å². The average molecular weight is 239 g/mol. The number of pyridine rings is 1. The van der Waals surface area contributed by atoms with E-state index in [2.05, 4.69) is 4.98 Å². The number of hydrogen-bond donors (Lipinski definition) is 1. The number of nitriles is 1. The second-order valence-corrected chi connectivity index (χ2v) is 3.78. The van der Waals surface area contributed by atoms with Crippen LogP contribution in [0.25, 0.3) is 0 Å². The molecule has 1 heterocycles. The van der Waals surface area contributed by atoms with Crippen molar-refractivity contribution in [2.75, 3.05) is 11.4 Å². The third-order valence-corrected chi connectivity index (χ3v) is 2.61. The van der Waals surface area contributed by atoms with Crippen LogP contribution in [0.2, 0.25) is 0 Å². The van der Waals surface area contributed by atoms with Crippen molar-refractivity contribution in [1.82, 2.24) is 4.98 Å². The molecule has 0 bridgehead atoms. The maximum atomic E-state index is 9.50. The van der Waals surface area contributed by atoms with Crippen LogP contribution >= 0.6 is 0 Å². The summed E-state index contributed by atoms with van der Waals surface area (Å²) in [4.78, 5) is 6.21. The van der Waals surface area contributed by atoms with Gasteiger partial charge in [-0.2, -0.15) is 5.26 Å². The van der Waals surface area contributed by atoms with E-state index in [0.717, 1.165) is 18.1 Å². The molecule has 90 valence electrons. The molecule has 0 amide bonds. The van der Waals surface area contributed by atoms with Crippen molar-refractivity contribution < 1.29 is 5.11 Å². The third kappa shape index (κ3) is 2.41. The number of anilines is 2. The topological polar surface area (TPSA) is 60.1 Å². The van der Waals surface area contributed by atoms with Gasteiger partial charge in [0.15, 0.2) is 0 Å². The van der Waals surface area contributed by atoms with Gasteiger partial charge >= 0.3 is 0 Å². The first-order valence-corrected chi connectivity index (χ1v) is 5.67. The zero-order valence-electron chi connectivity index (χ0n) is 10.0. The van der Waals surface area contributed by atoms with E-state index in [1.807, 2.05) is 24.0 Å². The summed E-state index contributed by atoms with van der Waals surface area (Å²) in [5.41, 5.74) is 1.40. The van der Waals surface area contributed by atoms with E-state index in [0.29, 0.717) is 5.56 Å². The number of benzene rings is 1. The Morgan fingerprint density at radius 1 is 1.33 bits per heavy atom. The van der Waals surface area contributed by atoms with E-state index in [9.17, 15) is 5.11 Å². The minimum Gasteiger partial charge on any atom is -0.508 e. The SMILES string of the molecule is CCN(c1cccc(O)c1)c1ccc(C#N)cn1. The molecule has 1 N–H and O–H groups in total. The molecule has 0 aliphatic heterocycles. The molecular formula is C14H13N3O. The Morgan fingerprint density at radius 2 is 2.17 bits per heavy atom. The van der Waals surface area contributed by atoms with Crippen LogP contribution in [0, 0.1) is 11.3 Å². The smallest absolute Gasteiger partial charge is 0.132 e. The summed E-state index contributed by atoms with van der Waals surface area (Å²) in [7, 11) is 0. The highest BCUT2D eigenvalue weighted by atomic mass is 16.3. The van der Waals surface area contributed by atoms with Crippen LogP contribution in [0.3, 0.4) is 0 Å². The van der Waals surface area contributed by atoms with E-state index >= 15 is 0 Å². The minimum absolute atomic E-state index is 0.222. The standard InChI is InChI=1S/C14H13N3O/c1-2-17(12-4-3-5-13(18)8-12)14-7-6-11(9-15)10-16-14/h3-8,10,18H,2H2,1H3. The van der Waals surface area contributed by atoms with Gasteiger partial charge in [0, 0.05) is 24.5 Å². The van der Waals surface area contributed by atoms with Gasteiger partial charge in [-0.05, 0) is 31.2 Å². The Hall–Kier alpha value is -2.54. The number of rotatable bonds is 3. The summed E-state index contributed by atoms with van der Waals surface area (Å²) in [6, 6.07) is 12.6. The number of phenolic OH excluding ortho intramolecular Hbond substituents is 1. The molecule has 0 spiro atoms. The molecular weight excluding hydrogens is 226 g/mol. The summed E-state index contributed by atoms with van der Waals surface area (Å²) in [6.45, 7) is 2.73. The fraction of sp³-hybridized carbons (Fsp3) is 0.143. The van der Waals surface area contributed by atoms with Gasteiger partial charge in [-0.25, -0.2) is 4.98 Å². The van der Waals surface area contributed by atoms with Gasteiger partial charge in [-0.1, -0.05) is 6.07 Å². The molecule has 0 fully saturated rings. The Bertz CT molecular complexity index is 572. The van der Waals surface area contributed by atoms with Crippen LogP contribution in [-0.2, 0) is 0 Å². The Morgan fingerprint density at radius 3 is 2.72 bits per heavy atom. The van der Waals surface area contributed by atoms with Crippen LogP contribution < -0.4 is 4.90 Å². The Labute approximate surface area is 106 Å². The first-order valence-electron chi connectivity index (χ1n) is 5.67. The normalized spacial score (nSPS) is 9.78. The number of aromatic nitrogens is 1. The van der Waals surface area contributed by atoms with Crippen molar-refractivity contribution in [3.05, 3.63) is 48.2 Å². The predicted molar refractivity (Wildman–Crippen MR) is 69.7 cm³/mol. The van der Waals surface area contributed by atoms with Gasteiger partial charge < -0.3 is 10.0 Å². The van der Waals surface area contributed by atoms with Gasteiger partial charge in [0.1, 0.15) is 17.6 Å². The van der Waals surface area contributed by atoms with Gasteiger partial charge in [-0.15, -0.1) is 0 Å².